The summed E-state index contributed by atoms with van der Waals surface area (Å²) in [5, 5.41) is 7.90. The highest BCUT2D eigenvalue weighted by Crippen LogP contribution is 2.32. The van der Waals surface area contributed by atoms with Crippen LogP contribution in [-0.2, 0) is 0 Å². The number of hydrogen-bond acceptors (Lipinski definition) is 3. The first-order valence-corrected chi connectivity index (χ1v) is 6.17. The molecule has 1 aromatic carbocycles. The van der Waals surface area contributed by atoms with E-state index in [1.54, 1.807) is 30.5 Å². The van der Waals surface area contributed by atoms with Gasteiger partial charge in [0.15, 0.2) is 5.75 Å². The summed E-state index contributed by atoms with van der Waals surface area (Å²) in [7, 11) is 0. The Labute approximate surface area is 117 Å². The zero-order chi connectivity index (χ0) is 13.1. The number of nitrogens with zero attached hydrogens (tertiary/aromatic N) is 1. The smallest absolute Gasteiger partial charge is 0.156 e. The number of nitrogen functional groups attached to an aromatic ring is 1. The van der Waals surface area contributed by atoms with Gasteiger partial charge in [-0.3, -0.25) is 5.41 Å². The number of rotatable bonds is 3. The van der Waals surface area contributed by atoms with Crippen molar-refractivity contribution < 1.29 is 4.74 Å². The lowest BCUT2D eigenvalue weighted by Crippen LogP contribution is -2.14. The fourth-order valence-corrected chi connectivity index (χ4v) is 1.85. The minimum atomic E-state index is -0.156. The lowest BCUT2D eigenvalue weighted by Gasteiger charge is -2.10. The van der Waals surface area contributed by atoms with Crippen LogP contribution in [0.1, 0.15) is 5.69 Å². The Balaban J connectivity index is 2.40. The second-order valence-electron chi connectivity index (χ2n) is 3.44. The van der Waals surface area contributed by atoms with E-state index >= 15 is 0 Å². The van der Waals surface area contributed by atoms with Gasteiger partial charge >= 0.3 is 0 Å². The first-order valence-electron chi connectivity index (χ1n) is 5.00. The van der Waals surface area contributed by atoms with Crippen molar-refractivity contribution in [3.8, 4) is 11.5 Å². The van der Waals surface area contributed by atoms with Gasteiger partial charge in [0.2, 0.25) is 0 Å². The molecule has 6 heteroatoms. The van der Waals surface area contributed by atoms with Gasteiger partial charge in [0.25, 0.3) is 0 Å². The van der Waals surface area contributed by atoms with Crippen LogP contribution in [-0.4, -0.2) is 10.8 Å². The van der Waals surface area contributed by atoms with E-state index in [0.29, 0.717) is 16.5 Å². The van der Waals surface area contributed by atoms with Crippen molar-refractivity contribution in [1.82, 2.24) is 4.98 Å². The lowest BCUT2D eigenvalue weighted by molar-refractivity contribution is 0.479. The van der Waals surface area contributed by atoms with Crippen molar-refractivity contribution in [1.29, 1.82) is 5.41 Å². The molecule has 92 valence electrons. The van der Waals surface area contributed by atoms with Crippen molar-refractivity contribution >= 4 is 33.4 Å². The van der Waals surface area contributed by atoms with Crippen molar-refractivity contribution in [2.75, 3.05) is 0 Å². The number of nitrogens with one attached hydrogen (secondary N) is 1. The Hall–Kier alpha value is -1.59. The third-order valence-electron chi connectivity index (χ3n) is 2.14. The molecule has 0 bridgehead atoms. The predicted molar refractivity (Wildman–Crippen MR) is 74.5 cm³/mol. The molecule has 0 radical (unpaired) electrons. The molecule has 2 aromatic rings. The normalized spacial score (nSPS) is 10.1. The Kier molecular flexibility index (Phi) is 3.84. The average Bonchev–Trinajstić information content (AvgIpc) is 2.34. The molecule has 0 aliphatic rings. The summed E-state index contributed by atoms with van der Waals surface area (Å²) in [6.07, 6.45) is 1.55. The van der Waals surface area contributed by atoms with Crippen LogP contribution in [0.2, 0.25) is 5.02 Å². The molecule has 0 saturated carbocycles. The second-order valence-corrected chi connectivity index (χ2v) is 4.76. The van der Waals surface area contributed by atoms with Gasteiger partial charge in [-0.2, -0.15) is 0 Å². The van der Waals surface area contributed by atoms with Crippen molar-refractivity contribution in [2.24, 2.45) is 5.73 Å². The Morgan fingerprint density at radius 2 is 2.11 bits per heavy atom. The van der Waals surface area contributed by atoms with Gasteiger partial charge in [-0.1, -0.05) is 27.5 Å². The minimum absolute atomic E-state index is 0.156. The predicted octanol–water partition coefficient (Wildman–Crippen LogP) is 3.57. The van der Waals surface area contributed by atoms with E-state index in [1.165, 1.54) is 0 Å². The maximum absolute atomic E-state index is 7.43. The van der Waals surface area contributed by atoms with E-state index in [0.717, 1.165) is 4.47 Å². The number of amidine groups is 1. The van der Waals surface area contributed by atoms with Gasteiger partial charge in [0, 0.05) is 10.7 Å². The Morgan fingerprint density at radius 3 is 2.83 bits per heavy atom. The van der Waals surface area contributed by atoms with E-state index in [2.05, 4.69) is 20.9 Å². The maximum Gasteiger partial charge on any atom is 0.156 e. The highest BCUT2D eigenvalue weighted by molar-refractivity contribution is 9.10. The van der Waals surface area contributed by atoms with Crippen LogP contribution in [0.15, 0.2) is 41.0 Å². The fourth-order valence-electron chi connectivity index (χ4n) is 1.35. The number of pyridine rings is 1. The third kappa shape index (κ3) is 2.80. The average molecular weight is 327 g/mol. The summed E-state index contributed by atoms with van der Waals surface area (Å²) >= 11 is 9.36. The van der Waals surface area contributed by atoms with E-state index in [-0.39, 0.29) is 11.5 Å². The van der Waals surface area contributed by atoms with Crippen LogP contribution >= 0.6 is 27.5 Å². The molecule has 1 aromatic heterocycles. The van der Waals surface area contributed by atoms with E-state index in [9.17, 15) is 0 Å². The second kappa shape index (κ2) is 5.37. The molecule has 18 heavy (non-hydrogen) atoms. The van der Waals surface area contributed by atoms with Gasteiger partial charge in [0.05, 0.1) is 5.02 Å². The molecule has 0 saturated heterocycles. The Bertz CT molecular complexity index is 604. The summed E-state index contributed by atoms with van der Waals surface area (Å²) in [6.45, 7) is 0. The molecule has 4 nitrogen and oxygen atoms in total. The highest BCUT2D eigenvalue weighted by atomic mass is 79.9. The summed E-state index contributed by atoms with van der Waals surface area (Å²) < 4.78 is 6.48. The molecule has 0 fully saturated rings. The standard InChI is InChI=1S/C12H9BrClN3O/c13-7-3-4-8(14)10(6-7)18-9-2-1-5-17-11(9)12(15)16/h1-6H,(H3,15,16). The molecule has 0 spiro atoms. The number of benzene rings is 1. The molecule has 0 amide bonds. The van der Waals surface area contributed by atoms with Crippen LogP contribution in [0.3, 0.4) is 0 Å². The largest absolute Gasteiger partial charge is 0.453 e. The van der Waals surface area contributed by atoms with Gasteiger partial charge in [0.1, 0.15) is 17.3 Å². The molecule has 1 heterocycles. The number of aromatic nitrogens is 1. The molecule has 0 atom stereocenters. The van der Waals surface area contributed by atoms with Gasteiger partial charge in [-0.15, -0.1) is 0 Å². The third-order valence-corrected chi connectivity index (χ3v) is 2.94. The first-order chi connectivity index (χ1) is 8.58. The van der Waals surface area contributed by atoms with E-state index in [4.69, 9.17) is 27.5 Å². The van der Waals surface area contributed by atoms with Gasteiger partial charge in [-0.05, 0) is 30.3 Å². The van der Waals surface area contributed by atoms with Crippen molar-refractivity contribution in [2.45, 2.75) is 0 Å². The van der Waals surface area contributed by atoms with E-state index < -0.39 is 0 Å². The van der Waals surface area contributed by atoms with Crippen molar-refractivity contribution in [3.63, 3.8) is 0 Å². The summed E-state index contributed by atoms with van der Waals surface area (Å²) in [6, 6.07) is 8.64. The number of halogens is 2. The molecule has 2 rings (SSSR count). The van der Waals surface area contributed by atoms with Crippen LogP contribution < -0.4 is 10.5 Å². The topological polar surface area (TPSA) is 72.0 Å². The Morgan fingerprint density at radius 1 is 1.33 bits per heavy atom. The number of hydrogen-bond donors (Lipinski definition) is 2. The van der Waals surface area contributed by atoms with E-state index in [1.807, 2.05) is 6.07 Å². The quantitative estimate of drug-likeness (QED) is 0.669. The molecule has 0 aliphatic heterocycles. The zero-order valence-electron chi connectivity index (χ0n) is 9.15. The molecular formula is C12H9BrClN3O. The van der Waals surface area contributed by atoms with Crippen LogP contribution in [0.4, 0.5) is 0 Å². The number of ether oxygens (including phenoxy) is 1. The first kappa shape index (κ1) is 12.9. The molecule has 3 N–H and O–H groups in total. The van der Waals surface area contributed by atoms with Crippen LogP contribution in [0, 0.1) is 5.41 Å². The van der Waals surface area contributed by atoms with Gasteiger partial charge < -0.3 is 10.5 Å². The SMILES string of the molecule is N=C(N)c1ncccc1Oc1cc(Br)ccc1Cl. The summed E-state index contributed by atoms with van der Waals surface area (Å²) in [5.74, 6) is 0.711. The maximum atomic E-state index is 7.43. The van der Waals surface area contributed by atoms with Crippen LogP contribution in [0.5, 0.6) is 11.5 Å². The minimum Gasteiger partial charge on any atom is -0.453 e. The highest BCUT2D eigenvalue weighted by Gasteiger charge is 2.10. The molecule has 0 aliphatic carbocycles. The van der Waals surface area contributed by atoms with Gasteiger partial charge in [-0.25, -0.2) is 4.98 Å². The summed E-state index contributed by atoms with van der Waals surface area (Å²) in [5.41, 5.74) is 5.72. The zero-order valence-corrected chi connectivity index (χ0v) is 11.5. The van der Waals surface area contributed by atoms with Crippen LogP contribution in [0.25, 0.3) is 0 Å². The molecule has 0 unspecified atom stereocenters. The molecular weight excluding hydrogens is 318 g/mol. The monoisotopic (exact) mass is 325 g/mol. The fraction of sp³-hybridized carbons (Fsp3) is 0. The number of nitrogens with two attached hydrogens (primary N) is 1. The lowest BCUT2D eigenvalue weighted by atomic mass is 10.3. The van der Waals surface area contributed by atoms with Crippen molar-refractivity contribution in [3.05, 3.63) is 51.7 Å². The summed E-state index contributed by atoms with van der Waals surface area (Å²) in [4.78, 5) is 4.00.